The second kappa shape index (κ2) is 7.09. The van der Waals surface area contributed by atoms with Crippen LogP contribution in [0.5, 0.6) is 5.75 Å². The first-order valence-corrected chi connectivity index (χ1v) is 6.27. The maximum Gasteiger partial charge on any atom is 0.257 e. The highest BCUT2D eigenvalue weighted by atomic mass is 19.1. The van der Waals surface area contributed by atoms with E-state index in [9.17, 15) is 14.3 Å². The van der Waals surface area contributed by atoms with Crippen LogP contribution in [0.3, 0.4) is 0 Å². The molecule has 1 unspecified atom stereocenters. The Morgan fingerprint density at radius 1 is 1.42 bits per heavy atom. The largest absolute Gasteiger partial charge is 0.483 e. The Bertz CT molecular complexity index is 433. The predicted molar refractivity (Wildman–Crippen MR) is 70.4 cm³/mol. The maximum atomic E-state index is 13.1. The third-order valence-corrected chi connectivity index (χ3v) is 2.49. The molecule has 0 heterocycles. The molecule has 2 N–H and O–H groups in total. The topological polar surface area (TPSA) is 58.6 Å². The molecule has 1 amide bonds. The van der Waals surface area contributed by atoms with Gasteiger partial charge in [0.2, 0.25) is 0 Å². The summed E-state index contributed by atoms with van der Waals surface area (Å²) in [5, 5.41) is 12.2. The van der Waals surface area contributed by atoms with E-state index < -0.39 is 11.9 Å². The minimum atomic E-state index is -0.783. The Kier molecular flexibility index (Phi) is 5.76. The predicted octanol–water partition coefficient (Wildman–Crippen LogP) is 2.03. The third-order valence-electron chi connectivity index (χ3n) is 2.49. The van der Waals surface area contributed by atoms with E-state index in [0.29, 0.717) is 18.0 Å². The second-order valence-electron chi connectivity index (χ2n) is 4.84. The fourth-order valence-corrected chi connectivity index (χ4v) is 1.49. The van der Waals surface area contributed by atoms with Crippen LogP contribution in [0.25, 0.3) is 0 Å². The minimum Gasteiger partial charge on any atom is -0.483 e. The lowest BCUT2D eigenvalue weighted by Crippen LogP contribution is -2.31. The van der Waals surface area contributed by atoms with Gasteiger partial charge in [0.15, 0.2) is 6.61 Å². The van der Waals surface area contributed by atoms with Crippen LogP contribution in [-0.4, -0.2) is 24.2 Å². The van der Waals surface area contributed by atoms with Crippen LogP contribution in [0.1, 0.15) is 32.4 Å². The molecule has 0 bridgehead atoms. The number of amides is 1. The van der Waals surface area contributed by atoms with Gasteiger partial charge in [-0.15, -0.1) is 0 Å². The second-order valence-corrected chi connectivity index (χ2v) is 4.84. The molecule has 0 aliphatic heterocycles. The minimum absolute atomic E-state index is 0.190. The molecular formula is C14H20FNO3. The number of halogens is 1. The summed E-state index contributed by atoms with van der Waals surface area (Å²) in [6.07, 6.45) is -0.783. The number of benzene rings is 1. The monoisotopic (exact) mass is 269 g/mol. The van der Waals surface area contributed by atoms with Crippen molar-refractivity contribution in [2.75, 3.05) is 13.2 Å². The number of ether oxygens (including phenoxy) is 1. The van der Waals surface area contributed by atoms with Gasteiger partial charge in [0.25, 0.3) is 5.91 Å². The Morgan fingerprint density at radius 2 is 2.11 bits per heavy atom. The van der Waals surface area contributed by atoms with Gasteiger partial charge in [0.1, 0.15) is 11.6 Å². The molecule has 106 valence electrons. The van der Waals surface area contributed by atoms with Crippen molar-refractivity contribution in [3.8, 4) is 5.75 Å². The zero-order valence-corrected chi connectivity index (χ0v) is 11.4. The average molecular weight is 269 g/mol. The van der Waals surface area contributed by atoms with E-state index in [1.165, 1.54) is 12.1 Å². The number of hydrogen-bond acceptors (Lipinski definition) is 3. The number of carbonyl (C=O) groups excluding carboxylic acids is 1. The molecule has 1 aromatic rings. The van der Waals surface area contributed by atoms with Crippen LogP contribution < -0.4 is 10.1 Å². The number of aliphatic hydroxyl groups is 1. The van der Waals surface area contributed by atoms with Gasteiger partial charge < -0.3 is 15.2 Å². The Balaban J connectivity index is 2.61. The van der Waals surface area contributed by atoms with Crippen molar-refractivity contribution in [1.82, 2.24) is 5.32 Å². The first kappa shape index (κ1) is 15.4. The zero-order valence-electron chi connectivity index (χ0n) is 11.4. The molecule has 0 aliphatic rings. The zero-order chi connectivity index (χ0) is 14.4. The SMILES string of the molecule is CC(C)CNC(=O)COc1cc(F)ccc1C(C)O. The van der Waals surface area contributed by atoms with Crippen molar-refractivity contribution >= 4 is 5.91 Å². The Hall–Kier alpha value is -1.62. The van der Waals surface area contributed by atoms with Gasteiger partial charge in [0, 0.05) is 18.2 Å². The molecule has 1 rings (SSSR count). The molecule has 0 saturated heterocycles. The van der Waals surface area contributed by atoms with Gasteiger partial charge in [-0.1, -0.05) is 13.8 Å². The van der Waals surface area contributed by atoms with Crippen LogP contribution in [0.4, 0.5) is 4.39 Å². The molecule has 0 spiro atoms. The number of carbonyl (C=O) groups is 1. The molecule has 5 heteroatoms. The van der Waals surface area contributed by atoms with E-state index >= 15 is 0 Å². The normalized spacial score (nSPS) is 12.3. The quantitative estimate of drug-likeness (QED) is 0.830. The standard InChI is InChI=1S/C14H20FNO3/c1-9(2)7-16-14(18)8-19-13-6-11(15)4-5-12(13)10(3)17/h4-6,9-10,17H,7-8H2,1-3H3,(H,16,18). The van der Waals surface area contributed by atoms with Gasteiger partial charge in [-0.05, 0) is 25.0 Å². The van der Waals surface area contributed by atoms with E-state index in [0.717, 1.165) is 6.07 Å². The summed E-state index contributed by atoms with van der Waals surface area (Å²) in [7, 11) is 0. The fourth-order valence-electron chi connectivity index (χ4n) is 1.49. The molecule has 0 fully saturated rings. The highest BCUT2D eigenvalue weighted by Crippen LogP contribution is 2.25. The molecule has 4 nitrogen and oxygen atoms in total. The number of rotatable bonds is 6. The van der Waals surface area contributed by atoms with Crippen molar-refractivity contribution in [1.29, 1.82) is 0 Å². The number of hydrogen-bond donors (Lipinski definition) is 2. The van der Waals surface area contributed by atoms with Crippen molar-refractivity contribution in [2.45, 2.75) is 26.9 Å². The van der Waals surface area contributed by atoms with Crippen molar-refractivity contribution in [2.24, 2.45) is 5.92 Å². The molecule has 0 aromatic heterocycles. The molecule has 0 aliphatic carbocycles. The van der Waals surface area contributed by atoms with Gasteiger partial charge in [-0.2, -0.15) is 0 Å². The first-order valence-electron chi connectivity index (χ1n) is 6.27. The summed E-state index contributed by atoms with van der Waals surface area (Å²) < 4.78 is 18.4. The summed E-state index contributed by atoms with van der Waals surface area (Å²) in [5.74, 6) is -0.197. The lowest BCUT2D eigenvalue weighted by molar-refractivity contribution is -0.123. The smallest absolute Gasteiger partial charge is 0.257 e. The van der Waals surface area contributed by atoms with E-state index in [1.54, 1.807) is 6.92 Å². The van der Waals surface area contributed by atoms with E-state index in [1.807, 2.05) is 13.8 Å². The Morgan fingerprint density at radius 3 is 2.68 bits per heavy atom. The van der Waals surface area contributed by atoms with Gasteiger partial charge in [-0.3, -0.25) is 4.79 Å². The highest BCUT2D eigenvalue weighted by Gasteiger charge is 2.12. The van der Waals surface area contributed by atoms with Crippen LogP contribution in [0, 0.1) is 11.7 Å². The van der Waals surface area contributed by atoms with Crippen LogP contribution in [0.2, 0.25) is 0 Å². The maximum absolute atomic E-state index is 13.1. The molecule has 0 saturated carbocycles. The highest BCUT2D eigenvalue weighted by molar-refractivity contribution is 5.77. The van der Waals surface area contributed by atoms with Gasteiger partial charge >= 0.3 is 0 Å². The first-order chi connectivity index (χ1) is 8.90. The lowest BCUT2D eigenvalue weighted by Gasteiger charge is -2.14. The third kappa shape index (κ3) is 5.26. The summed E-state index contributed by atoms with van der Waals surface area (Å²) in [4.78, 5) is 11.5. The van der Waals surface area contributed by atoms with Crippen LogP contribution in [-0.2, 0) is 4.79 Å². The van der Waals surface area contributed by atoms with Crippen molar-refractivity contribution in [3.63, 3.8) is 0 Å². The molecule has 1 atom stereocenters. The van der Waals surface area contributed by atoms with Crippen LogP contribution >= 0.6 is 0 Å². The average Bonchev–Trinajstić information content (AvgIpc) is 2.33. The Labute approximate surface area is 112 Å². The molecule has 0 radical (unpaired) electrons. The van der Waals surface area contributed by atoms with Gasteiger partial charge in [0.05, 0.1) is 6.10 Å². The molecule has 19 heavy (non-hydrogen) atoms. The molecular weight excluding hydrogens is 249 g/mol. The van der Waals surface area contributed by atoms with E-state index in [4.69, 9.17) is 4.74 Å². The van der Waals surface area contributed by atoms with Crippen LogP contribution in [0.15, 0.2) is 18.2 Å². The summed E-state index contributed by atoms with van der Waals surface area (Å²) >= 11 is 0. The van der Waals surface area contributed by atoms with Gasteiger partial charge in [-0.25, -0.2) is 4.39 Å². The number of aliphatic hydroxyl groups excluding tert-OH is 1. The number of nitrogens with one attached hydrogen (secondary N) is 1. The van der Waals surface area contributed by atoms with E-state index in [-0.39, 0.29) is 18.3 Å². The summed E-state index contributed by atoms with van der Waals surface area (Å²) in [6, 6.07) is 3.85. The van der Waals surface area contributed by atoms with Crippen molar-refractivity contribution in [3.05, 3.63) is 29.6 Å². The fraction of sp³-hybridized carbons (Fsp3) is 0.500. The lowest BCUT2D eigenvalue weighted by atomic mass is 10.1. The van der Waals surface area contributed by atoms with Crippen molar-refractivity contribution < 1.29 is 19.0 Å². The van der Waals surface area contributed by atoms with E-state index in [2.05, 4.69) is 5.32 Å². The summed E-state index contributed by atoms with van der Waals surface area (Å²) in [5.41, 5.74) is 0.457. The molecule has 1 aromatic carbocycles. The summed E-state index contributed by atoms with van der Waals surface area (Å²) in [6.45, 7) is 5.89.